The maximum absolute atomic E-state index is 12.1. The molecule has 1 N–H and O–H groups in total. The summed E-state index contributed by atoms with van der Waals surface area (Å²) in [4.78, 5) is 12.2. The lowest BCUT2D eigenvalue weighted by Gasteiger charge is -2.11. The van der Waals surface area contributed by atoms with Gasteiger partial charge in [-0.1, -0.05) is 48.0 Å². The zero-order valence-corrected chi connectivity index (χ0v) is 15.8. The fourth-order valence-corrected chi connectivity index (χ4v) is 3.09. The molecule has 0 saturated heterocycles. The third-order valence-corrected chi connectivity index (χ3v) is 5.35. The number of hydrogen-bond acceptors (Lipinski definition) is 4. The molecule has 0 saturated carbocycles. The average Bonchev–Trinajstić information content (AvgIpc) is 2.62. The molecule has 8 heteroatoms. The van der Waals surface area contributed by atoms with Crippen LogP contribution in [-0.2, 0) is 10.0 Å². The van der Waals surface area contributed by atoms with Crippen LogP contribution in [0.15, 0.2) is 69.6 Å². The molecule has 2 rings (SSSR count). The highest BCUT2D eigenvalue weighted by molar-refractivity contribution is 7.89. The monoisotopic (exact) mass is 391 g/mol. The van der Waals surface area contributed by atoms with Crippen LogP contribution in [0.2, 0.25) is 0 Å². The third kappa shape index (κ3) is 5.26. The summed E-state index contributed by atoms with van der Waals surface area (Å²) in [6.07, 6.45) is 2.99. The van der Waals surface area contributed by atoms with Crippen LogP contribution in [-0.4, -0.2) is 38.9 Å². The summed E-state index contributed by atoms with van der Waals surface area (Å²) in [7, 11) is -0.769. The van der Waals surface area contributed by atoms with E-state index in [2.05, 4.69) is 10.5 Å². The molecule has 0 aliphatic heterocycles. The first-order valence-electron chi connectivity index (χ1n) is 7.59. The van der Waals surface area contributed by atoms with Gasteiger partial charge in [-0.15, -0.1) is 0 Å². The Bertz CT molecular complexity index is 939. The van der Waals surface area contributed by atoms with E-state index < -0.39 is 15.9 Å². The van der Waals surface area contributed by atoms with Crippen molar-refractivity contribution in [3.8, 4) is 0 Å². The molecule has 0 atom stereocenters. The molecule has 0 aromatic heterocycles. The number of halogens is 1. The number of carbonyl (C=O) groups is 1. The van der Waals surface area contributed by atoms with E-state index in [0.717, 1.165) is 9.87 Å². The van der Waals surface area contributed by atoms with Crippen molar-refractivity contribution in [2.45, 2.75) is 4.90 Å². The van der Waals surface area contributed by atoms with E-state index in [1.54, 1.807) is 6.08 Å². The number of nitrogens with zero attached hydrogens (tertiary/aromatic N) is 2. The van der Waals surface area contributed by atoms with Gasteiger partial charge in [-0.25, -0.2) is 18.1 Å². The zero-order chi connectivity index (χ0) is 19.2. The fourth-order valence-electron chi connectivity index (χ4n) is 1.97. The van der Waals surface area contributed by atoms with Crippen LogP contribution in [0.5, 0.6) is 0 Å². The second-order valence-corrected chi connectivity index (χ2v) is 8.04. The van der Waals surface area contributed by atoms with Crippen molar-refractivity contribution >= 4 is 39.8 Å². The molecule has 26 heavy (non-hydrogen) atoms. The number of benzene rings is 2. The maximum Gasteiger partial charge on any atom is 0.271 e. The minimum atomic E-state index is -3.62. The Kier molecular flexibility index (Phi) is 6.68. The molecular weight excluding hydrogens is 374 g/mol. The summed E-state index contributed by atoms with van der Waals surface area (Å²) >= 11 is 6.04. The molecule has 0 radical (unpaired) electrons. The van der Waals surface area contributed by atoms with Crippen molar-refractivity contribution in [2.75, 3.05) is 14.1 Å². The number of sulfonamides is 1. The molecule has 2 aromatic rings. The van der Waals surface area contributed by atoms with Crippen molar-refractivity contribution < 1.29 is 13.2 Å². The Labute approximate surface area is 157 Å². The number of rotatable bonds is 6. The molecule has 0 aliphatic carbocycles. The summed E-state index contributed by atoms with van der Waals surface area (Å²) in [5, 5.41) is 4.12. The highest BCUT2D eigenvalue weighted by Crippen LogP contribution is 2.15. The molecule has 0 bridgehead atoms. The Morgan fingerprint density at radius 1 is 1.12 bits per heavy atom. The van der Waals surface area contributed by atoms with Crippen LogP contribution >= 0.6 is 11.6 Å². The standard InChI is InChI=1S/C18H18ClN3O3S/c1-22(2)26(24,25)17-10-6-9-15(12-17)18(23)21-20-13-16(19)11-14-7-4-3-5-8-14/h3-13H,1-2H3,(H,21,23)/b16-11-,20-13-. The van der Waals surface area contributed by atoms with Gasteiger partial charge in [-0.3, -0.25) is 4.79 Å². The zero-order valence-electron chi connectivity index (χ0n) is 14.3. The number of amides is 1. The van der Waals surface area contributed by atoms with Crippen LogP contribution in [0.3, 0.4) is 0 Å². The molecule has 0 aliphatic rings. The van der Waals surface area contributed by atoms with E-state index in [4.69, 9.17) is 11.6 Å². The molecule has 0 fully saturated rings. The van der Waals surface area contributed by atoms with E-state index in [0.29, 0.717) is 5.03 Å². The van der Waals surface area contributed by atoms with E-state index >= 15 is 0 Å². The lowest BCUT2D eigenvalue weighted by Crippen LogP contribution is -2.23. The molecule has 6 nitrogen and oxygen atoms in total. The summed E-state index contributed by atoms with van der Waals surface area (Å²) in [5.41, 5.74) is 3.39. The van der Waals surface area contributed by atoms with Gasteiger partial charge in [0, 0.05) is 19.7 Å². The van der Waals surface area contributed by atoms with Crippen LogP contribution in [0.25, 0.3) is 6.08 Å². The van der Waals surface area contributed by atoms with E-state index in [1.165, 1.54) is 44.6 Å². The molecule has 0 unspecified atom stereocenters. The van der Waals surface area contributed by atoms with Gasteiger partial charge < -0.3 is 0 Å². The predicted octanol–water partition coefficient (Wildman–Crippen LogP) is 2.93. The van der Waals surface area contributed by atoms with Gasteiger partial charge >= 0.3 is 0 Å². The van der Waals surface area contributed by atoms with Gasteiger partial charge in [-0.2, -0.15) is 5.10 Å². The first kappa shape index (κ1) is 19.8. The lowest BCUT2D eigenvalue weighted by molar-refractivity contribution is 0.0955. The Morgan fingerprint density at radius 3 is 2.46 bits per heavy atom. The number of carbonyl (C=O) groups excluding carboxylic acids is 1. The summed E-state index contributed by atoms with van der Waals surface area (Å²) in [5.74, 6) is -0.541. The van der Waals surface area contributed by atoms with Crippen LogP contribution in [0, 0.1) is 0 Å². The Hall–Kier alpha value is -2.48. The SMILES string of the molecule is CN(C)S(=O)(=O)c1cccc(C(=O)N/N=C\C(Cl)=C\c2ccccc2)c1. The van der Waals surface area contributed by atoms with Gasteiger partial charge in [-0.05, 0) is 29.8 Å². The first-order valence-corrected chi connectivity index (χ1v) is 9.41. The van der Waals surface area contributed by atoms with Crippen molar-refractivity contribution in [3.05, 3.63) is 70.8 Å². The minimum absolute atomic E-state index is 0.0288. The van der Waals surface area contributed by atoms with Gasteiger partial charge in [0.2, 0.25) is 10.0 Å². The largest absolute Gasteiger partial charge is 0.271 e. The van der Waals surface area contributed by atoms with Gasteiger partial charge in [0.25, 0.3) is 5.91 Å². The van der Waals surface area contributed by atoms with Crippen LogP contribution < -0.4 is 5.43 Å². The second kappa shape index (κ2) is 8.75. The lowest BCUT2D eigenvalue weighted by atomic mass is 10.2. The van der Waals surface area contributed by atoms with Gasteiger partial charge in [0.1, 0.15) is 0 Å². The van der Waals surface area contributed by atoms with E-state index in [-0.39, 0.29) is 10.5 Å². The smallest absolute Gasteiger partial charge is 0.267 e. The molecule has 136 valence electrons. The van der Waals surface area contributed by atoms with Crippen molar-refractivity contribution in [3.63, 3.8) is 0 Å². The highest BCUT2D eigenvalue weighted by Gasteiger charge is 2.18. The number of allylic oxidation sites excluding steroid dienone is 1. The molecule has 2 aromatic carbocycles. The van der Waals surface area contributed by atoms with Crippen LogP contribution in [0.1, 0.15) is 15.9 Å². The topological polar surface area (TPSA) is 78.8 Å². The molecule has 0 spiro atoms. The quantitative estimate of drug-likeness (QED) is 0.607. The van der Waals surface area contributed by atoms with Crippen molar-refractivity contribution in [1.82, 2.24) is 9.73 Å². The third-order valence-electron chi connectivity index (χ3n) is 3.33. The predicted molar refractivity (Wildman–Crippen MR) is 104 cm³/mol. The number of nitrogens with one attached hydrogen (secondary N) is 1. The van der Waals surface area contributed by atoms with Gasteiger partial charge in [0.05, 0.1) is 16.1 Å². The van der Waals surface area contributed by atoms with E-state index in [9.17, 15) is 13.2 Å². The molecule has 0 heterocycles. The van der Waals surface area contributed by atoms with Crippen molar-refractivity contribution in [1.29, 1.82) is 0 Å². The van der Waals surface area contributed by atoms with Crippen LogP contribution in [0.4, 0.5) is 0 Å². The fraction of sp³-hybridized carbons (Fsp3) is 0.111. The Balaban J connectivity index is 2.08. The summed E-state index contributed by atoms with van der Waals surface area (Å²) < 4.78 is 25.3. The molecular formula is C18H18ClN3O3S. The maximum atomic E-state index is 12.1. The summed E-state index contributed by atoms with van der Waals surface area (Å²) in [6, 6.07) is 15.1. The second-order valence-electron chi connectivity index (χ2n) is 5.45. The van der Waals surface area contributed by atoms with Gasteiger partial charge in [0.15, 0.2) is 0 Å². The average molecular weight is 392 g/mol. The molecule has 1 amide bonds. The normalized spacial score (nSPS) is 12.5. The van der Waals surface area contributed by atoms with Crippen molar-refractivity contribution in [2.24, 2.45) is 5.10 Å². The Morgan fingerprint density at radius 2 is 1.81 bits per heavy atom. The first-order chi connectivity index (χ1) is 12.3. The number of hydrogen-bond donors (Lipinski definition) is 1. The minimum Gasteiger partial charge on any atom is -0.267 e. The summed E-state index contributed by atoms with van der Waals surface area (Å²) in [6.45, 7) is 0. The highest BCUT2D eigenvalue weighted by atomic mass is 35.5. The van der Waals surface area contributed by atoms with E-state index in [1.807, 2.05) is 30.3 Å². The number of hydrazone groups is 1.